The number of hydrogen-bond donors (Lipinski definition) is 1. The third-order valence-corrected chi connectivity index (χ3v) is 5.47. The minimum atomic E-state index is -3.48. The van der Waals surface area contributed by atoms with Gasteiger partial charge in [-0.25, -0.2) is 13.2 Å². The predicted molar refractivity (Wildman–Crippen MR) is 84.9 cm³/mol. The molecule has 0 radical (unpaired) electrons. The number of rotatable bonds is 3. The number of carbonyl (C=O) groups excluding carboxylic acids is 1. The monoisotopic (exact) mass is 323 g/mol. The third kappa shape index (κ3) is 3.66. The fourth-order valence-corrected chi connectivity index (χ4v) is 3.66. The highest BCUT2D eigenvalue weighted by Crippen LogP contribution is 2.18. The van der Waals surface area contributed by atoms with Crippen LogP contribution in [0.3, 0.4) is 0 Å². The lowest BCUT2D eigenvalue weighted by Crippen LogP contribution is -2.52. The van der Waals surface area contributed by atoms with E-state index in [-0.39, 0.29) is 6.03 Å². The number of amides is 2. The Hall–Kier alpha value is -1.86. The number of piperazine rings is 1. The quantitative estimate of drug-likeness (QED) is 0.917. The lowest BCUT2D eigenvalue weighted by Gasteiger charge is -2.33. The van der Waals surface area contributed by atoms with Gasteiger partial charge < -0.3 is 10.2 Å². The molecule has 0 atom stereocenters. The molecule has 2 rings (SSSR count). The molecule has 6 nitrogen and oxygen atoms in total. The highest BCUT2D eigenvalue weighted by Gasteiger charge is 2.29. The third-order valence-electron chi connectivity index (χ3n) is 3.56. The topological polar surface area (TPSA) is 69.7 Å². The molecule has 0 unspecified atom stereocenters. The number of sulfonamides is 1. The van der Waals surface area contributed by atoms with E-state index in [1.54, 1.807) is 41.4 Å². The Kier molecular flexibility index (Phi) is 5.20. The number of aryl methyl sites for hydroxylation is 1. The van der Waals surface area contributed by atoms with Crippen LogP contribution in [-0.4, -0.2) is 49.8 Å². The van der Waals surface area contributed by atoms with Crippen LogP contribution in [0.5, 0.6) is 0 Å². The molecule has 1 heterocycles. The SMILES string of the molecule is C/C=C/NC(=O)N1CCN(S(=O)(=O)c2ccc(C)cc2)CC1. The first-order valence-electron chi connectivity index (χ1n) is 7.18. The van der Waals surface area contributed by atoms with E-state index in [0.717, 1.165) is 5.56 Å². The van der Waals surface area contributed by atoms with Gasteiger partial charge in [0.1, 0.15) is 0 Å². The molecule has 1 fully saturated rings. The molecule has 1 aliphatic heterocycles. The Morgan fingerprint density at radius 1 is 1.14 bits per heavy atom. The van der Waals surface area contributed by atoms with Gasteiger partial charge in [-0.2, -0.15) is 4.31 Å². The van der Waals surface area contributed by atoms with Crippen LogP contribution in [0.2, 0.25) is 0 Å². The van der Waals surface area contributed by atoms with Crippen LogP contribution in [-0.2, 0) is 10.0 Å². The Morgan fingerprint density at radius 3 is 2.27 bits per heavy atom. The maximum Gasteiger partial charge on any atom is 0.321 e. The van der Waals surface area contributed by atoms with Crippen molar-refractivity contribution in [3.63, 3.8) is 0 Å². The predicted octanol–water partition coefficient (Wildman–Crippen LogP) is 1.54. The number of nitrogens with zero attached hydrogens (tertiary/aromatic N) is 2. The van der Waals surface area contributed by atoms with Gasteiger partial charge in [-0.15, -0.1) is 0 Å². The molecule has 1 N–H and O–H groups in total. The van der Waals surface area contributed by atoms with Crippen molar-refractivity contribution >= 4 is 16.1 Å². The van der Waals surface area contributed by atoms with E-state index < -0.39 is 10.0 Å². The van der Waals surface area contributed by atoms with E-state index in [2.05, 4.69) is 5.32 Å². The summed E-state index contributed by atoms with van der Waals surface area (Å²) in [4.78, 5) is 13.7. The van der Waals surface area contributed by atoms with Crippen molar-refractivity contribution in [1.29, 1.82) is 0 Å². The molecule has 0 spiro atoms. The molecule has 0 saturated carbocycles. The molecule has 1 saturated heterocycles. The molecular weight excluding hydrogens is 302 g/mol. The lowest BCUT2D eigenvalue weighted by molar-refractivity contribution is 0.175. The van der Waals surface area contributed by atoms with Gasteiger partial charge in [0.15, 0.2) is 0 Å². The minimum Gasteiger partial charge on any atom is -0.322 e. The Bertz CT molecular complexity index is 645. The van der Waals surface area contributed by atoms with Crippen molar-refractivity contribution < 1.29 is 13.2 Å². The Labute approximate surface area is 131 Å². The average Bonchev–Trinajstić information content (AvgIpc) is 2.53. The molecule has 0 aromatic heterocycles. The number of nitrogens with one attached hydrogen (secondary N) is 1. The highest BCUT2D eigenvalue weighted by atomic mass is 32.2. The number of urea groups is 1. The van der Waals surface area contributed by atoms with Crippen molar-refractivity contribution in [3.8, 4) is 0 Å². The Morgan fingerprint density at radius 2 is 1.73 bits per heavy atom. The van der Waals surface area contributed by atoms with E-state index in [1.807, 2.05) is 13.8 Å². The first-order chi connectivity index (χ1) is 10.4. The van der Waals surface area contributed by atoms with Gasteiger partial charge in [-0.3, -0.25) is 0 Å². The molecule has 2 amide bonds. The lowest BCUT2D eigenvalue weighted by atomic mass is 10.2. The number of hydrogen-bond acceptors (Lipinski definition) is 3. The number of allylic oxidation sites excluding steroid dienone is 1. The van der Waals surface area contributed by atoms with Crippen molar-refractivity contribution in [1.82, 2.24) is 14.5 Å². The zero-order chi connectivity index (χ0) is 16.2. The van der Waals surface area contributed by atoms with Gasteiger partial charge in [-0.1, -0.05) is 23.8 Å². The van der Waals surface area contributed by atoms with Crippen molar-refractivity contribution in [2.45, 2.75) is 18.7 Å². The fourth-order valence-electron chi connectivity index (χ4n) is 2.24. The summed E-state index contributed by atoms with van der Waals surface area (Å²) in [5.41, 5.74) is 1.02. The van der Waals surface area contributed by atoms with Gasteiger partial charge in [0.2, 0.25) is 10.0 Å². The van der Waals surface area contributed by atoms with E-state index in [1.165, 1.54) is 4.31 Å². The van der Waals surface area contributed by atoms with E-state index in [0.29, 0.717) is 31.1 Å². The summed E-state index contributed by atoms with van der Waals surface area (Å²) in [7, 11) is -3.48. The number of benzene rings is 1. The molecule has 0 aliphatic carbocycles. The second-order valence-corrected chi connectivity index (χ2v) is 7.09. The van der Waals surface area contributed by atoms with Crippen molar-refractivity contribution in [2.24, 2.45) is 0 Å². The van der Waals surface area contributed by atoms with Crippen molar-refractivity contribution in [2.75, 3.05) is 26.2 Å². The normalized spacial score (nSPS) is 16.9. The van der Waals surface area contributed by atoms with Crippen LogP contribution in [0.1, 0.15) is 12.5 Å². The molecular formula is C15H21N3O3S. The largest absolute Gasteiger partial charge is 0.322 e. The van der Waals surface area contributed by atoms with Crippen LogP contribution in [0.15, 0.2) is 41.4 Å². The van der Waals surface area contributed by atoms with E-state index in [9.17, 15) is 13.2 Å². The summed E-state index contributed by atoms with van der Waals surface area (Å²) in [6.45, 7) is 5.10. The van der Waals surface area contributed by atoms with Crippen LogP contribution in [0.4, 0.5) is 4.79 Å². The van der Waals surface area contributed by atoms with Crippen LogP contribution in [0, 0.1) is 6.92 Å². The van der Waals surface area contributed by atoms with Gasteiger partial charge in [0.05, 0.1) is 4.90 Å². The van der Waals surface area contributed by atoms with E-state index in [4.69, 9.17) is 0 Å². The second kappa shape index (κ2) is 6.93. The summed E-state index contributed by atoms with van der Waals surface area (Å²) < 4.78 is 26.5. The Balaban J connectivity index is 2.01. The molecule has 1 aromatic rings. The first-order valence-corrected chi connectivity index (χ1v) is 8.62. The summed E-state index contributed by atoms with van der Waals surface area (Å²) in [6.07, 6.45) is 3.30. The van der Waals surface area contributed by atoms with Crippen molar-refractivity contribution in [3.05, 3.63) is 42.1 Å². The van der Waals surface area contributed by atoms with Crippen LogP contribution >= 0.6 is 0 Å². The zero-order valence-electron chi connectivity index (χ0n) is 12.8. The highest BCUT2D eigenvalue weighted by molar-refractivity contribution is 7.89. The maximum absolute atomic E-state index is 12.5. The van der Waals surface area contributed by atoms with Gasteiger partial charge in [-0.05, 0) is 26.0 Å². The summed E-state index contributed by atoms with van der Waals surface area (Å²) in [5.74, 6) is 0. The maximum atomic E-state index is 12.5. The second-order valence-electron chi connectivity index (χ2n) is 5.15. The molecule has 120 valence electrons. The number of carbonyl (C=O) groups is 1. The first kappa shape index (κ1) is 16.5. The van der Waals surface area contributed by atoms with Crippen LogP contribution < -0.4 is 5.32 Å². The smallest absolute Gasteiger partial charge is 0.321 e. The molecule has 1 aliphatic rings. The van der Waals surface area contributed by atoms with Gasteiger partial charge >= 0.3 is 6.03 Å². The standard InChI is InChI=1S/C15H21N3O3S/c1-3-8-16-15(19)17-9-11-18(12-10-17)22(20,21)14-6-4-13(2)5-7-14/h3-8H,9-12H2,1-2H3,(H,16,19)/b8-3+. The molecule has 1 aromatic carbocycles. The summed E-state index contributed by atoms with van der Waals surface area (Å²) >= 11 is 0. The summed E-state index contributed by atoms with van der Waals surface area (Å²) in [6, 6.07) is 6.61. The fraction of sp³-hybridized carbons (Fsp3) is 0.400. The summed E-state index contributed by atoms with van der Waals surface area (Å²) in [5, 5.41) is 2.63. The van der Waals surface area contributed by atoms with Crippen LogP contribution in [0.25, 0.3) is 0 Å². The van der Waals surface area contributed by atoms with E-state index >= 15 is 0 Å². The minimum absolute atomic E-state index is 0.203. The molecule has 22 heavy (non-hydrogen) atoms. The molecule has 0 bridgehead atoms. The molecule has 7 heteroatoms. The zero-order valence-corrected chi connectivity index (χ0v) is 13.6. The van der Waals surface area contributed by atoms with Gasteiger partial charge in [0.25, 0.3) is 0 Å². The average molecular weight is 323 g/mol. The van der Waals surface area contributed by atoms with Gasteiger partial charge in [0, 0.05) is 32.4 Å².